The van der Waals surface area contributed by atoms with Gasteiger partial charge in [0.15, 0.2) is 0 Å². The molecule has 0 unspecified atom stereocenters. The van der Waals surface area contributed by atoms with Crippen LogP contribution in [0.2, 0.25) is 0 Å². The zero-order valence-corrected chi connectivity index (χ0v) is 6.75. The van der Waals surface area contributed by atoms with E-state index >= 15 is 0 Å². The number of aromatic nitrogens is 1. The second-order valence-corrected chi connectivity index (χ2v) is 3.11. The van der Waals surface area contributed by atoms with Gasteiger partial charge in [0, 0.05) is 25.0 Å². The molecule has 0 amide bonds. The third-order valence-corrected chi connectivity index (χ3v) is 2.29. The molecule has 0 saturated carbocycles. The fourth-order valence-electron chi connectivity index (χ4n) is 1.55. The van der Waals surface area contributed by atoms with Crippen molar-refractivity contribution in [1.29, 1.82) is 0 Å². The lowest BCUT2D eigenvalue weighted by Crippen LogP contribution is -2.38. The van der Waals surface area contributed by atoms with Crippen LogP contribution in [0.5, 0.6) is 0 Å². The molecule has 2 N–H and O–H groups in total. The van der Waals surface area contributed by atoms with Crippen LogP contribution in [0.4, 0.5) is 0 Å². The summed E-state index contributed by atoms with van der Waals surface area (Å²) in [5, 5.41) is 1.86. The van der Waals surface area contributed by atoms with Crippen LogP contribution >= 0.6 is 0 Å². The minimum atomic E-state index is 0.888. The summed E-state index contributed by atoms with van der Waals surface area (Å²) < 4.78 is 2.28. The van der Waals surface area contributed by atoms with E-state index in [0.717, 1.165) is 19.6 Å². The number of hydrogen-bond donors (Lipinski definition) is 1. The van der Waals surface area contributed by atoms with Crippen LogP contribution in [-0.2, 0) is 13.1 Å². The topological polar surface area (TPSA) is 34.2 Å². The highest BCUT2D eigenvalue weighted by Gasteiger charge is 2.13. The van der Waals surface area contributed by atoms with Crippen molar-refractivity contribution < 1.29 is 0 Å². The third kappa shape index (κ3) is 1.06. The number of nitrogens with zero attached hydrogens (tertiary/aromatic N) is 2. The lowest BCUT2D eigenvalue weighted by atomic mass is 10.2. The minimum absolute atomic E-state index is 0.888. The van der Waals surface area contributed by atoms with Gasteiger partial charge < -0.3 is 4.57 Å². The molecule has 0 spiro atoms. The molecule has 0 saturated heterocycles. The van der Waals surface area contributed by atoms with Gasteiger partial charge in [-0.3, -0.25) is 5.84 Å². The molecular weight excluding hydrogens is 138 g/mol. The third-order valence-electron chi connectivity index (χ3n) is 2.29. The SMILES string of the molecule is Cc1ccn2c1CN(N)CC2. The number of fused-ring (bicyclic) bond motifs is 1. The van der Waals surface area contributed by atoms with Crippen molar-refractivity contribution in [2.45, 2.75) is 20.0 Å². The fraction of sp³-hybridized carbons (Fsp3) is 0.500. The predicted octanol–water partition coefficient (Wildman–Crippen LogP) is 0.486. The van der Waals surface area contributed by atoms with Crippen molar-refractivity contribution in [3.63, 3.8) is 0 Å². The zero-order chi connectivity index (χ0) is 7.84. The van der Waals surface area contributed by atoms with Gasteiger partial charge in [-0.15, -0.1) is 0 Å². The van der Waals surface area contributed by atoms with Crippen molar-refractivity contribution in [3.05, 3.63) is 23.5 Å². The molecule has 2 rings (SSSR count). The normalized spacial score (nSPS) is 18.4. The van der Waals surface area contributed by atoms with Crippen LogP contribution in [0, 0.1) is 6.92 Å². The summed E-state index contributed by atoms with van der Waals surface area (Å²) in [6.45, 7) is 5.00. The maximum Gasteiger partial charge on any atom is 0.0535 e. The Hall–Kier alpha value is -0.800. The van der Waals surface area contributed by atoms with Crippen molar-refractivity contribution >= 4 is 0 Å². The molecule has 3 heteroatoms. The Kier molecular flexibility index (Phi) is 1.47. The van der Waals surface area contributed by atoms with Crippen LogP contribution in [0.15, 0.2) is 12.3 Å². The van der Waals surface area contributed by atoms with Gasteiger partial charge in [-0.2, -0.15) is 0 Å². The van der Waals surface area contributed by atoms with Gasteiger partial charge >= 0.3 is 0 Å². The second-order valence-electron chi connectivity index (χ2n) is 3.11. The molecule has 0 fully saturated rings. The summed E-state index contributed by atoms with van der Waals surface area (Å²) in [6.07, 6.45) is 2.14. The Balaban J connectivity index is 2.37. The number of hydrogen-bond acceptors (Lipinski definition) is 2. The van der Waals surface area contributed by atoms with Gasteiger partial charge in [0.25, 0.3) is 0 Å². The summed E-state index contributed by atoms with van der Waals surface area (Å²) >= 11 is 0. The standard InChI is InChI=1S/C8H13N3/c1-7-2-3-10-4-5-11(9)6-8(7)10/h2-3H,4-6,9H2,1H3. The van der Waals surface area contributed by atoms with Crippen LogP contribution < -0.4 is 5.84 Å². The Morgan fingerprint density at radius 3 is 3.09 bits per heavy atom. The van der Waals surface area contributed by atoms with Crippen molar-refractivity contribution in [2.24, 2.45) is 5.84 Å². The largest absolute Gasteiger partial charge is 0.349 e. The van der Waals surface area contributed by atoms with Crippen LogP contribution in [-0.4, -0.2) is 16.1 Å². The minimum Gasteiger partial charge on any atom is -0.349 e. The predicted molar refractivity (Wildman–Crippen MR) is 43.8 cm³/mol. The summed E-state index contributed by atoms with van der Waals surface area (Å²) in [4.78, 5) is 0. The van der Waals surface area contributed by atoms with Gasteiger partial charge in [0.2, 0.25) is 0 Å². The van der Waals surface area contributed by atoms with Crippen LogP contribution in [0.3, 0.4) is 0 Å². The van der Waals surface area contributed by atoms with E-state index in [9.17, 15) is 0 Å². The van der Waals surface area contributed by atoms with E-state index in [-0.39, 0.29) is 0 Å². The first-order chi connectivity index (χ1) is 5.27. The number of nitrogens with two attached hydrogens (primary N) is 1. The molecule has 2 heterocycles. The molecule has 0 aliphatic carbocycles. The first-order valence-corrected chi connectivity index (χ1v) is 3.91. The number of aryl methyl sites for hydroxylation is 1. The van der Waals surface area contributed by atoms with Gasteiger partial charge in [-0.1, -0.05) is 0 Å². The summed E-state index contributed by atoms with van der Waals surface area (Å²) in [6, 6.07) is 2.15. The second kappa shape index (κ2) is 2.36. The molecule has 0 atom stereocenters. The van der Waals surface area contributed by atoms with Gasteiger partial charge in [0.1, 0.15) is 0 Å². The molecule has 60 valence electrons. The molecule has 0 radical (unpaired) electrons. The van der Waals surface area contributed by atoms with Crippen molar-refractivity contribution in [3.8, 4) is 0 Å². The zero-order valence-electron chi connectivity index (χ0n) is 6.75. The number of rotatable bonds is 0. The summed E-state index contributed by atoms with van der Waals surface area (Å²) in [7, 11) is 0. The van der Waals surface area contributed by atoms with Crippen LogP contribution in [0.25, 0.3) is 0 Å². The highest BCUT2D eigenvalue weighted by molar-refractivity contribution is 5.21. The molecule has 1 aliphatic rings. The van der Waals surface area contributed by atoms with E-state index in [4.69, 9.17) is 5.84 Å². The Morgan fingerprint density at radius 1 is 1.45 bits per heavy atom. The molecule has 1 aliphatic heterocycles. The smallest absolute Gasteiger partial charge is 0.0535 e. The maximum atomic E-state index is 5.70. The number of hydrazine groups is 1. The van der Waals surface area contributed by atoms with Crippen molar-refractivity contribution in [2.75, 3.05) is 6.54 Å². The molecule has 0 bridgehead atoms. The average molecular weight is 151 g/mol. The Morgan fingerprint density at radius 2 is 2.27 bits per heavy atom. The highest BCUT2D eigenvalue weighted by Crippen LogP contribution is 2.14. The average Bonchev–Trinajstić information content (AvgIpc) is 2.33. The van der Waals surface area contributed by atoms with Crippen molar-refractivity contribution in [1.82, 2.24) is 9.58 Å². The summed E-state index contributed by atoms with van der Waals surface area (Å²) in [5.74, 6) is 5.70. The molecule has 3 nitrogen and oxygen atoms in total. The fourth-order valence-corrected chi connectivity index (χ4v) is 1.55. The molecule has 0 aromatic carbocycles. The Bertz CT molecular complexity index is 264. The summed E-state index contributed by atoms with van der Waals surface area (Å²) in [5.41, 5.74) is 2.71. The van der Waals surface area contributed by atoms with E-state index < -0.39 is 0 Å². The molecule has 11 heavy (non-hydrogen) atoms. The first-order valence-electron chi connectivity index (χ1n) is 3.91. The lowest BCUT2D eigenvalue weighted by molar-refractivity contribution is 0.226. The molecule has 1 aromatic rings. The van der Waals surface area contributed by atoms with E-state index in [1.807, 2.05) is 5.01 Å². The quantitative estimate of drug-likeness (QED) is 0.547. The van der Waals surface area contributed by atoms with Gasteiger partial charge in [-0.05, 0) is 18.6 Å². The molecular formula is C8H13N3. The Labute approximate surface area is 66.4 Å². The van der Waals surface area contributed by atoms with E-state index in [1.165, 1.54) is 11.3 Å². The highest BCUT2D eigenvalue weighted by atomic mass is 15.4. The van der Waals surface area contributed by atoms with Crippen LogP contribution in [0.1, 0.15) is 11.3 Å². The van der Waals surface area contributed by atoms with Gasteiger partial charge in [-0.25, -0.2) is 5.01 Å². The first kappa shape index (κ1) is 6.88. The molecule has 1 aromatic heterocycles. The maximum absolute atomic E-state index is 5.70. The lowest BCUT2D eigenvalue weighted by Gasteiger charge is -2.24. The van der Waals surface area contributed by atoms with E-state index in [1.54, 1.807) is 0 Å². The van der Waals surface area contributed by atoms with E-state index in [2.05, 4.69) is 23.8 Å². The monoisotopic (exact) mass is 151 g/mol. The van der Waals surface area contributed by atoms with E-state index in [0.29, 0.717) is 0 Å². The van der Waals surface area contributed by atoms with Gasteiger partial charge in [0.05, 0.1) is 6.54 Å².